The second-order valence-corrected chi connectivity index (χ2v) is 6.84. The summed E-state index contributed by atoms with van der Waals surface area (Å²) in [5.74, 6) is 0.625. The van der Waals surface area contributed by atoms with Crippen LogP contribution in [0.1, 0.15) is 22.1 Å². The number of aliphatic hydroxyl groups is 1. The van der Waals surface area contributed by atoms with Gasteiger partial charge in [0.05, 0.1) is 25.5 Å². The topological polar surface area (TPSA) is 67.6 Å². The molecule has 0 aliphatic carbocycles. The molecule has 2 atom stereocenters. The molecule has 0 bridgehead atoms. The third kappa shape index (κ3) is 3.32. The first kappa shape index (κ1) is 18.4. The predicted octanol–water partition coefficient (Wildman–Crippen LogP) is 2.66. The van der Waals surface area contributed by atoms with Gasteiger partial charge in [-0.1, -0.05) is 60.7 Å². The average molecular weight is 377 g/mol. The number of morpholine rings is 1. The Balaban J connectivity index is 1.69. The number of imidazole rings is 1. The summed E-state index contributed by atoms with van der Waals surface area (Å²) in [7, 11) is 1.85. The van der Waals surface area contributed by atoms with Crippen LogP contribution in [0.5, 0.6) is 0 Å². The highest BCUT2D eigenvalue weighted by Crippen LogP contribution is 2.31. The van der Waals surface area contributed by atoms with E-state index < -0.39 is 6.10 Å². The molecule has 0 saturated carbocycles. The van der Waals surface area contributed by atoms with Gasteiger partial charge in [-0.05, 0) is 5.56 Å². The highest BCUT2D eigenvalue weighted by Gasteiger charge is 2.37. The molecule has 4 rings (SSSR count). The maximum atomic E-state index is 13.4. The molecule has 0 unspecified atom stereocenters. The van der Waals surface area contributed by atoms with Crippen molar-refractivity contribution in [2.45, 2.75) is 12.1 Å². The summed E-state index contributed by atoms with van der Waals surface area (Å²) in [5.41, 5.74) is 2.41. The molecule has 1 amide bonds. The first-order valence-corrected chi connectivity index (χ1v) is 9.36. The van der Waals surface area contributed by atoms with E-state index in [4.69, 9.17) is 4.74 Å². The van der Waals surface area contributed by atoms with Gasteiger partial charge in [0.25, 0.3) is 5.91 Å². The SMILES string of the molecule is Cn1c(C(=O)N2CCO[C@@H](CO)[C@@H]2c2ccccc2)cnc1-c1ccccc1. The lowest BCUT2D eigenvalue weighted by Crippen LogP contribution is -2.49. The van der Waals surface area contributed by atoms with Crippen LogP contribution in [-0.2, 0) is 11.8 Å². The monoisotopic (exact) mass is 377 g/mol. The van der Waals surface area contributed by atoms with Gasteiger partial charge in [0.1, 0.15) is 17.6 Å². The standard InChI is InChI=1S/C22H23N3O3/c1-24-18(14-23-21(24)17-10-6-3-7-11-17)22(27)25-12-13-28-19(15-26)20(25)16-8-4-2-5-9-16/h2-11,14,19-20,26H,12-13,15H2,1H3/t19-,20-/m0/s1. The number of nitrogens with zero attached hydrogens (tertiary/aromatic N) is 3. The zero-order valence-electron chi connectivity index (χ0n) is 15.7. The normalized spacial score (nSPS) is 19.6. The van der Waals surface area contributed by atoms with Crippen molar-refractivity contribution in [1.82, 2.24) is 14.5 Å². The van der Waals surface area contributed by atoms with E-state index in [-0.39, 0.29) is 18.6 Å². The highest BCUT2D eigenvalue weighted by atomic mass is 16.5. The summed E-state index contributed by atoms with van der Waals surface area (Å²) in [6.45, 7) is 0.703. The maximum absolute atomic E-state index is 13.4. The summed E-state index contributed by atoms with van der Waals surface area (Å²) in [6, 6.07) is 19.2. The van der Waals surface area contributed by atoms with Crippen LogP contribution in [-0.4, -0.2) is 51.3 Å². The highest BCUT2D eigenvalue weighted by molar-refractivity contribution is 5.93. The molecule has 1 aliphatic rings. The Kier molecular flexibility index (Phi) is 5.23. The molecule has 6 nitrogen and oxygen atoms in total. The minimum absolute atomic E-state index is 0.118. The third-order valence-electron chi connectivity index (χ3n) is 5.17. The van der Waals surface area contributed by atoms with Crippen LogP contribution < -0.4 is 0 Å². The van der Waals surface area contributed by atoms with Gasteiger partial charge < -0.3 is 19.3 Å². The molecule has 1 aliphatic heterocycles. The quantitative estimate of drug-likeness (QED) is 0.759. The summed E-state index contributed by atoms with van der Waals surface area (Å²) in [6.07, 6.45) is 1.16. The Bertz CT molecular complexity index is 940. The van der Waals surface area contributed by atoms with E-state index in [1.54, 1.807) is 11.1 Å². The summed E-state index contributed by atoms with van der Waals surface area (Å²) >= 11 is 0. The summed E-state index contributed by atoms with van der Waals surface area (Å²) in [4.78, 5) is 19.7. The molecule has 3 aromatic rings. The lowest BCUT2D eigenvalue weighted by atomic mass is 9.98. The Morgan fingerprint density at radius 2 is 1.82 bits per heavy atom. The van der Waals surface area contributed by atoms with Crippen LogP contribution in [0.3, 0.4) is 0 Å². The molecular weight excluding hydrogens is 354 g/mol. The number of aliphatic hydroxyl groups excluding tert-OH is 1. The second kappa shape index (κ2) is 7.96. The number of ether oxygens (including phenoxy) is 1. The molecule has 6 heteroatoms. The Morgan fingerprint density at radius 1 is 1.14 bits per heavy atom. The molecule has 1 aromatic heterocycles. The van der Waals surface area contributed by atoms with Gasteiger partial charge in [0.2, 0.25) is 0 Å². The van der Waals surface area contributed by atoms with Crippen molar-refractivity contribution in [1.29, 1.82) is 0 Å². The minimum Gasteiger partial charge on any atom is -0.394 e. The van der Waals surface area contributed by atoms with Gasteiger partial charge in [-0.25, -0.2) is 4.98 Å². The number of carbonyl (C=O) groups excluding carboxylic acids is 1. The zero-order valence-corrected chi connectivity index (χ0v) is 15.7. The van der Waals surface area contributed by atoms with Crippen LogP contribution in [0.25, 0.3) is 11.4 Å². The number of hydrogen-bond acceptors (Lipinski definition) is 4. The Morgan fingerprint density at radius 3 is 2.50 bits per heavy atom. The van der Waals surface area contributed by atoms with Crippen molar-refractivity contribution >= 4 is 5.91 Å². The lowest BCUT2D eigenvalue weighted by Gasteiger charge is -2.40. The summed E-state index contributed by atoms with van der Waals surface area (Å²) in [5, 5.41) is 9.82. The molecule has 1 N–H and O–H groups in total. The van der Waals surface area contributed by atoms with E-state index in [0.717, 1.165) is 17.0 Å². The Labute approximate surface area is 164 Å². The second-order valence-electron chi connectivity index (χ2n) is 6.84. The van der Waals surface area contributed by atoms with E-state index in [0.29, 0.717) is 18.8 Å². The zero-order chi connectivity index (χ0) is 19.5. The van der Waals surface area contributed by atoms with Crippen LogP contribution in [0.2, 0.25) is 0 Å². The van der Waals surface area contributed by atoms with Gasteiger partial charge in [-0.15, -0.1) is 0 Å². The van der Waals surface area contributed by atoms with E-state index in [1.165, 1.54) is 0 Å². The van der Waals surface area contributed by atoms with Gasteiger partial charge in [-0.3, -0.25) is 4.79 Å². The van der Waals surface area contributed by atoms with Gasteiger partial charge in [0.15, 0.2) is 0 Å². The molecular formula is C22H23N3O3. The van der Waals surface area contributed by atoms with Crippen molar-refractivity contribution in [3.05, 3.63) is 78.1 Å². The fourth-order valence-corrected chi connectivity index (χ4v) is 3.77. The van der Waals surface area contributed by atoms with Crippen molar-refractivity contribution in [3.8, 4) is 11.4 Å². The molecule has 1 saturated heterocycles. The first-order valence-electron chi connectivity index (χ1n) is 9.36. The first-order chi connectivity index (χ1) is 13.7. The van der Waals surface area contributed by atoms with Crippen LogP contribution >= 0.6 is 0 Å². The number of amides is 1. The van der Waals surface area contributed by atoms with Crippen molar-refractivity contribution in [2.75, 3.05) is 19.8 Å². The van der Waals surface area contributed by atoms with E-state index in [1.807, 2.05) is 72.3 Å². The van der Waals surface area contributed by atoms with Crippen LogP contribution in [0.4, 0.5) is 0 Å². The minimum atomic E-state index is -0.457. The molecule has 2 heterocycles. The largest absolute Gasteiger partial charge is 0.394 e. The lowest BCUT2D eigenvalue weighted by molar-refractivity contribution is -0.0813. The molecule has 144 valence electrons. The summed E-state index contributed by atoms with van der Waals surface area (Å²) < 4.78 is 7.57. The van der Waals surface area contributed by atoms with Crippen LogP contribution in [0, 0.1) is 0 Å². The van der Waals surface area contributed by atoms with Crippen molar-refractivity contribution in [2.24, 2.45) is 7.05 Å². The Hall–Kier alpha value is -2.96. The van der Waals surface area contributed by atoms with Gasteiger partial charge in [-0.2, -0.15) is 0 Å². The molecule has 2 aromatic carbocycles. The third-order valence-corrected chi connectivity index (χ3v) is 5.17. The smallest absolute Gasteiger partial charge is 0.272 e. The molecule has 1 fully saturated rings. The number of carbonyl (C=O) groups is 1. The predicted molar refractivity (Wildman–Crippen MR) is 106 cm³/mol. The molecule has 28 heavy (non-hydrogen) atoms. The van der Waals surface area contributed by atoms with Gasteiger partial charge in [0, 0.05) is 19.2 Å². The van der Waals surface area contributed by atoms with Crippen molar-refractivity contribution < 1.29 is 14.6 Å². The average Bonchev–Trinajstić information content (AvgIpc) is 3.15. The fourth-order valence-electron chi connectivity index (χ4n) is 3.77. The number of benzene rings is 2. The van der Waals surface area contributed by atoms with E-state index >= 15 is 0 Å². The number of hydrogen-bond donors (Lipinski definition) is 1. The molecule has 0 spiro atoms. The van der Waals surface area contributed by atoms with Crippen LogP contribution in [0.15, 0.2) is 66.9 Å². The van der Waals surface area contributed by atoms with E-state index in [2.05, 4.69) is 4.98 Å². The number of aromatic nitrogens is 2. The van der Waals surface area contributed by atoms with E-state index in [9.17, 15) is 9.90 Å². The molecule has 0 radical (unpaired) electrons. The maximum Gasteiger partial charge on any atom is 0.272 e. The fraction of sp³-hybridized carbons (Fsp3) is 0.273. The number of rotatable bonds is 4. The van der Waals surface area contributed by atoms with Gasteiger partial charge >= 0.3 is 0 Å². The van der Waals surface area contributed by atoms with Crippen molar-refractivity contribution in [3.63, 3.8) is 0 Å².